The molecular weight excluding hydrogens is 971 g/mol. The minimum atomic E-state index is -0.463. The lowest BCUT2D eigenvalue weighted by molar-refractivity contribution is 0.768. The van der Waals surface area contributed by atoms with Crippen LogP contribution in [0.2, 0.25) is 0 Å². The predicted octanol–water partition coefficient (Wildman–Crippen LogP) is 21.4. The fourth-order valence-corrected chi connectivity index (χ4v) is 13.7. The van der Waals surface area contributed by atoms with Crippen LogP contribution in [0.15, 0.2) is 309 Å². The molecule has 0 bridgehead atoms. The van der Waals surface area contributed by atoms with Gasteiger partial charge in [-0.1, -0.05) is 243 Å². The Bertz CT molecular complexity index is 4520. The number of anilines is 3. The summed E-state index contributed by atoms with van der Waals surface area (Å²) in [5, 5.41) is 5.13. The van der Waals surface area contributed by atoms with E-state index in [1.54, 1.807) is 0 Å². The Morgan fingerprint density at radius 2 is 0.696 bits per heavy atom. The number of thiophene rings is 1. The molecule has 14 aromatic rings. The zero-order chi connectivity index (χ0) is 52.3. The largest absolute Gasteiger partial charge is 0.311 e. The van der Waals surface area contributed by atoms with E-state index in [0.29, 0.717) is 0 Å². The summed E-state index contributed by atoms with van der Waals surface area (Å²) in [5.74, 6) is 0. The van der Waals surface area contributed by atoms with Crippen molar-refractivity contribution in [3.8, 4) is 66.8 Å². The molecule has 1 nitrogen and oxygen atoms in total. The highest BCUT2D eigenvalue weighted by Crippen LogP contribution is 2.58. The summed E-state index contributed by atoms with van der Waals surface area (Å²) in [6.45, 7) is 0. The van der Waals surface area contributed by atoms with Crippen molar-refractivity contribution < 1.29 is 0 Å². The normalized spacial score (nSPS) is 12.4. The Labute approximate surface area is 465 Å². The highest BCUT2D eigenvalue weighted by molar-refractivity contribution is 7.25. The van der Waals surface area contributed by atoms with Crippen LogP contribution in [0.25, 0.3) is 97.7 Å². The van der Waals surface area contributed by atoms with Gasteiger partial charge >= 0.3 is 0 Å². The zero-order valence-corrected chi connectivity index (χ0v) is 44.1. The monoisotopic (exact) mass is 1020 g/mol. The van der Waals surface area contributed by atoms with Gasteiger partial charge in [0, 0.05) is 37.2 Å². The SMILES string of the molecule is c1ccc(C2(c3ccccc3)c3ccccc3-c3c(-c4ccc(N(c5ccc(-c6ccc(-c7cccc(-c8ccc9ccccc9c8)c7)cc6)cc5)c5ccc(-c6ccc7sc8ccccc8c7c6)cc5)cc4)cccc32)cc1. The lowest BCUT2D eigenvalue weighted by Gasteiger charge is -2.34. The number of hydrogen-bond donors (Lipinski definition) is 0. The van der Waals surface area contributed by atoms with Gasteiger partial charge in [0.05, 0.1) is 5.41 Å². The van der Waals surface area contributed by atoms with Crippen LogP contribution in [0.1, 0.15) is 22.3 Å². The maximum atomic E-state index is 2.39. The van der Waals surface area contributed by atoms with E-state index >= 15 is 0 Å². The summed E-state index contributed by atoms with van der Waals surface area (Å²) >= 11 is 1.86. The molecule has 1 aliphatic rings. The molecule has 1 aliphatic carbocycles. The minimum absolute atomic E-state index is 0.463. The van der Waals surface area contributed by atoms with Crippen LogP contribution < -0.4 is 4.90 Å². The molecule has 0 N–H and O–H groups in total. The minimum Gasteiger partial charge on any atom is -0.311 e. The van der Waals surface area contributed by atoms with Crippen LogP contribution in [0.5, 0.6) is 0 Å². The molecule has 0 amide bonds. The third-order valence-corrected chi connectivity index (χ3v) is 17.5. The lowest BCUT2D eigenvalue weighted by Crippen LogP contribution is -2.28. The molecule has 0 radical (unpaired) electrons. The van der Waals surface area contributed by atoms with Gasteiger partial charge in [0.15, 0.2) is 0 Å². The first-order valence-electron chi connectivity index (χ1n) is 27.2. The molecule has 2 heteroatoms. The van der Waals surface area contributed by atoms with Gasteiger partial charge in [-0.3, -0.25) is 0 Å². The highest BCUT2D eigenvalue weighted by atomic mass is 32.1. The van der Waals surface area contributed by atoms with Crippen LogP contribution in [0.3, 0.4) is 0 Å². The lowest BCUT2D eigenvalue weighted by atomic mass is 9.67. The van der Waals surface area contributed by atoms with Gasteiger partial charge in [0.25, 0.3) is 0 Å². The molecule has 0 saturated carbocycles. The fourth-order valence-electron chi connectivity index (χ4n) is 12.6. The molecule has 1 heterocycles. The van der Waals surface area contributed by atoms with E-state index in [4.69, 9.17) is 0 Å². The van der Waals surface area contributed by atoms with Crippen molar-refractivity contribution in [2.75, 3.05) is 4.90 Å². The van der Waals surface area contributed by atoms with E-state index in [2.05, 4.69) is 314 Å². The van der Waals surface area contributed by atoms with Crippen LogP contribution in [-0.4, -0.2) is 0 Å². The van der Waals surface area contributed by atoms with Crippen LogP contribution in [0.4, 0.5) is 17.1 Å². The van der Waals surface area contributed by atoms with E-state index in [0.717, 1.165) is 17.1 Å². The molecule has 370 valence electrons. The third-order valence-electron chi connectivity index (χ3n) is 16.4. The summed E-state index contributed by atoms with van der Waals surface area (Å²) < 4.78 is 2.64. The summed E-state index contributed by atoms with van der Waals surface area (Å²) in [7, 11) is 0. The van der Waals surface area contributed by atoms with Gasteiger partial charge in [0.1, 0.15) is 0 Å². The second kappa shape index (κ2) is 19.3. The Morgan fingerprint density at radius 3 is 1.37 bits per heavy atom. The van der Waals surface area contributed by atoms with Gasteiger partial charge in [-0.15, -0.1) is 11.3 Å². The van der Waals surface area contributed by atoms with Gasteiger partial charge in [-0.05, 0) is 167 Å². The second-order valence-corrected chi connectivity index (χ2v) is 21.8. The van der Waals surface area contributed by atoms with Crippen molar-refractivity contribution in [3.05, 3.63) is 332 Å². The van der Waals surface area contributed by atoms with Gasteiger partial charge in [-0.25, -0.2) is 0 Å². The standard InChI is InChI=1S/C77H51NS/c1-3-19-63(20-4-1)77(64-21-5-2-6-22-64)72-26-11-9-24-70(72)76-68(25-14-27-73(76)77)57-39-46-67(47-40-57)78(66-44-37-56(38-45-66)62-41-48-75-71(51-62)69-23-10-12-28-74(69)79-75)65-42-35-54(36-43-65)53-29-31-55(32-30-53)59-17-13-18-60(49-59)61-34-33-52-15-7-8-16-58(52)50-61/h1-51H. The molecule has 79 heavy (non-hydrogen) atoms. The van der Waals surface area contributed by atoms with Gasteiger partial charge in [0.2, 0.25) is 0 Å². The van der Waals surface area contributed by atoms with E-state index in [9.17, 15) is 0 Å². The molecule has 0 unspecified atom stereocenters. The van der Waals surface area contributed by atoms with Crippen LogP contribution >= 0.6 is 11.3 Å². The van der Waals surface area contributed by atoms with Crippen LogP contribution in [0, 0.1) is 0 Å². The number of hydrogen-bond acceptors (Lipinski definition) is 2. The molecule has 13 aromatic carbocycles. The quantitative estimate of drug-likeness (QED) is 0.132. The first kappa shape index (κ1) is 46.4. The van der Waals surface area contributed by atoms with Crippen molar-refractivity contribution in [3.63, 3.8) is 0 Å². The Morgan fingerprint density at radius 1 is 0.253 bits per heavy atom. The molecule has 15 rings (SSSR count). The van der Waals surface area contributed by atoms with E-state index in [1.165, 1.54) is 120 Å². The predicted molar refractivity (Wildman–Crippen MR) is 336 cm³/mol. The summed E-state index contributed by atoms with van der Waals surface area (Å²) in [5.41, 5.74) is 22.5. The number of nitrogens with zero attached hydrogens (tertiary/aromatic N) is 1. The Kier molecular flexibility index (Phi) is 11.3. The Hall–Kier alpha value is -9.86. The van der Waals surface area contributed by atoms with Crippen molar-refractivity contribution in [2.45, 2.75) is 5.41 Å². The molecule has 0 saturated heterocycles. The molecule has 1 aromatic heterocycles. The molecule has 0 spiro atoms. The van der Waals surface area contributed by atoms with Crippen molar-refractivity contribution in [2.24, 2.45) is 0 Å². The van der Waals surface area contributed by atoms with E-state index in [-0.39, 0.29) is 0 Å². The number of rotatable bonds is 10. The third kappa shape index (κ3) is 7.99. The average Bonchev–Trinajstić information content (AvgIpc) is 4.10. The molecular formula is C77H51NS. The molecule has 0 atom stereocenters. The maximum Gasteiger partial charge on any atom is 0.0713 e. The first-order chi connectivity index (χ1) is 39.1. The second-order valence-electron chi connectivity index (χ2n) is 20.8. The number of fused-ring (bicyclic) bond motifs is 7. The topological polar surface area (TPSA) is 3.24 Å². The molecule has 0 fully saturated rings. The van der Waals surface area contributed by atoms with Crippen molar-refractivity contribution in [1.82, 2.24) is 0 Å². The van der Waals surface area contributed by atoms with Crippen molar-refractivity contribution >= 4 is 59.3 Å². The maximum absolute atomic E-state index is 2.39. The molecule has 0 aliphatic heterocycles. The number of benzene rings is 13. The summed E-state index contributed by atoms with van der Waals surface area (Å²) in [6.07, 6.45) is 0. The average molecular weight is 1020 g/mol. The van der Waals surface area contributed by atoms with Crippen molar-refractivity contribution in [1.29, 1.82) is 0 Å². The zero-order valence-electron chi connectivity index (χ0n) is 43.3. The summed E-state index contributed by atoms with van der Waals surface area (Å²) in [4.78, 5) is 2.39. The fraction of sp³-hybridized carbons (Fsp3) is 0.0130. The van der Waals surface area contributed by atoms with Gasteiger partial charge in [-0.2, -0.15) is 0 Å². The summed E-state index contributed by atoms with van der Waals surface area (Å²) in [6, 6.07) is 114. The smallest absolute Gasteiger partial charge is 0.0713 e. The highest BCUT2D eigenvalue weighted by Gasteiger charge is 2.46. The van der Waals surface area contributed by atoms with E-state index in [1.807, 2.05) is 11.3 Å². The van der Waals surface area contributed by atoms with Gasteiger partial charge < -0.3 is 4.90 Å². The first-order valence-corrected chi connectivity index (χ1v) is 28.0. The Balaban J connectivity index is 0.787. The van der Waals surface area contributed by atoms with E-state index < -0.39 is 5.41 Å². The van der Waals surface area contributed by atoms with Crippen LogP contribution in [-0.2, 0) is 5.41 Å².